The maximum Gasteiger partial charge on any atom is 0.257 e. The fourth-order valence-corrected chi connectivity index (χ4v) is 5.40. The number of alkyl halides is 2. The molecule has 0 aliphatic heterocycles. The summed E-state index contributed by atoms with van der Waals surface area (Å²) >= 11 is 31.1. The summed E-state index contributed by atoms with van der Waals surface area (Å²) in [6.07, 6.45) is 0. The van der Waals surface area contributed by atoms with Crippen molar-refractivity contribution in [3.8, 4) is 0 Å². The monoisotopic (exact) mass is 588 g/mol. The van der Waals surface area contributed by atoms with E-state index in [1.807, 2.05) is 0 Å². The average molecular weight is 591 g/mol. The van der Waals surface area contributed by atoms with Crippen LogP contribution in [0.5, 0.6) is 0 Å². The van der Waals surface area contributed by atoms with E-state index in [0.717, 1.165) is 12.1 Å². The van der Waals surface area contributed by atoms with Gasteiger partial charge in [0.15, 0.2) is 0 Å². The van der Waals surface area contributed by atoms with Gasteiger partial charge in [0, 0.05) is 32.9 Å². The number of rotatable bonds is 6. The van der Waals surface area contributed by atoms with Crippen molar-refractivity contribution in [3.63, 3.8) is 0 Å². The van der Waals surface area contributed by atoms with E-state index >= 15 is 0 Å². The molecule has 4 rings (SSSR count). The lowest BCUT2D eigenvalue weighted by Gasteiger charge is -2.11. The lowest BCUT2D eigenvalue weighted by Crippen LogP contribution is -2.18. The SMILES string of the molecule is C=C(F)c1cc(NC(=O)c2cc(NC(=O)C3C(c4cc(Cl)cc(Cl)c4)C3(Cl)Cl)ccc2Cl)ccc1F. The van der Waals surface area contributed by atoms with Crippen LogP contribution >= 0.6 is 58.0 Å². The second kappa shape index (κ2) is 10.2. The molecule has 0 aromatic heterocycles. The lowest BCUT2D eigenvalue weighted by atomic mass is 10.1. The van der Waals surface area contributed by atoms with Crippen molar-refractivity contribution >= 4 is 87.0 Å². The van der Waals surface area contributed by atoms with Gasteiger partial charge in [-0.1, -0.05) is 41.4 Å². The molecule has 11 heteroatoms. The molecule has 186 valence electrons. The van der Waals surface area contributed by atoms with E-state index in [9.17, 15) is 18.4 Å². The largest absolute Gasteiger partial charge is 0.326 e. The molecule has 0 heterocycles. The minimum Gasteiger partial charge on any atom is -0.326 e. The Hall–Kier alpha value is -2.35. The first kappa shape index (κ1) is 26.7. The highest BCUT2D eigenvalue weighted by molar-refractivity contribution is 6.53. The summed E-state index contributed by atoms with van der Waals surface area (Å²) in [5, 5.41) is 6.04. The summed E-state index contributed by atoms with van der Waals surface area (Å²) in [6, 6.07) is 12.4. The van der Waals surface area contributed by atoms with Crippen LogP contribution in [0.1, 0.15) is 27.4 Å². The Morgan fingerprint density at radius 1 is 0.861 bits per heavy atom. The van der Waals surface area contributed by atoms with Crippen molar-refractivity contribution in [1.82, 2.24) is 0 Å². The van der Waals surface area contributed by atoms with Crippen LogP contribution in [0.2, 0.25) is 15.1 Å². The zero-order valence-corrected chi connectivity index (χ0v) is 21.8. The number of carbonyl (C=O) groups is 2. The molecule has 3 aromatic carbocycles. The minimum atomic E-state index is -1.38. The summed E-state index contributed by atoms with van der Waals surface area (Å²) in [7, 11) is 0. The van der Waals surface area contributed by atoms with Crippen LogP contribution in [-0.2, 0) is 4.79 Å². The van der Waals surface area contributed by atoms with Crippen LogP contribution < -0.4 is 10.6 Å². The Kier molecular flexibility index (Phi) is 7.56. The third-order valence-corrected chi connectivity index (χ3v) is 7.28. The molecule has 2 unspecified atom stereocenters. The molecule has 1 aliphatic rings. The topological polar surface area (TPSA) is 58.2 Å². The molecular weight excluding hydrogens is 576 g/mol. The first-order valence-electron chi connectivity index (χ1n) is 10.3. The third-order valence-electron chi connectivity index (χ3n) is 5.58. The Balaban J connectivity index is 1.51. The molecule has 3 aromatic rings. The number of hydrogen-bond acceptors (Lipinski definition) is 2. The van der Waals surface area contributed by atoms with E-state index in [2.05, 4.69) is 17.2 Å². The molecular formula is C25H15Cl5F2N2O2. The van der Waals surface area contributed by atoms with E-state index in [-0.39, 0.29) is 27.5 Å². The summed E-state index contributed by atoms with van der Waals surface area (Å²) in [6.45, 7) is 3.07. The molecule has 0 spiro atoms. The molecule has 2 N–H and O–H groups in total. The van der Waals surface area contributed by atoms with Crippen molar-refractivity contribution in [3.05, 3.63) is 98.8 Å². The van der Waals surface area contributed by atoms with Crippen LogP contribution in [0, 0.1) is 11.7 Å². The van der Waals surface area contributed by atoms with E-state index < -0.39 is 39.6 Å². The zero-order valence-electron chi connectivity index (χ0n) is 18.0. The van der Waals surface area contributed by atoms with Gasteiger partial charge in [0.05, 0.1) is 16.5 Å². The number of carbonyl (C=O) groups excluding carboxylic acids is 2. The van der Waals surface area contributed by atoms with Gasteiger partial charge < -0.3 is 10.6 Å². The summed E-state index contributed by atoms with van der Waals surface area (Å²) < 4.78 is 25.8. The number of nitrogens with one attached hydrogen (secondary N) is 2. The minimum absolute atomic E-state index is 0.0106. The molecule has 1 saturated carbocycles. The number of benzene rings is 3. The van der Waals surface area contributed by atoms with Crippen molar-refractivity contribution < 1.29 is 18.4 Å². The van der Waals surface area contributed by atoms with Crippen molar-refractivity contribution in [1.29, 1.82) is 0 Å². The number of hydrogen-bond donors (Lipinski definition) is 2. The summed E-state index contributed by atoms with van der Waals surface area (Å²) in [4.78, 5) is 25.8. The maximum atomic E-state index is 13.7. The van der Waals surface area contributed by atoms with Crippen LogP contribution in [0.15, 0.2) is 61.2 Å². The molecule has 4 nitrogen and oxygen atoms in total. The Labute approximate surface area is 230 Å². The smallest absolute Gasteiger partial charge is 0.257 e. The van der Waals surface area contributed by atoms with Crippen molar-refractivity contribution in [2.24, 2.45) is 5.92 Å². The van der Waals surface area contributed by atoms with Crippen molar-refractivity contribution in [2.75, 3.05) is 10.6 Å². The van der Waals surface area contributed by atoms with Gasteiger partial charge in [0.25, 0.3) is 5.91 Å². The molecule has 1 fully saturated rings. The molecule has 36 heavy (non-hydrogen) atoms. The van der Waals surface area contributed by atoms with Gasteiger partial charge in [0.2, 0.25) is 5.91 Å². The maximum absolute atomic E-state index is 13.7. The molecule has 1 aliphatic carbocycles. The third kappa shape index (κ3) is 5.48. The van der Waals surface area contributed by atoms with Crippen molar-refractivity contribution in [2.45, 2.75) is 10.3 Å². The normalized spacial score (nSPS) is 17.9. The Morgan fingerprint density at radius 3 is 2.08 bits per heavy atom. The number of halogens is 7. The quantitative estimate of drug-likeness (QED) is 0.283. The van der Waals surface area contributed by atoms with Gasteiger partial charge in [0.1, 0.15) is 16.0 Å². The Morgan fingerprint density at radius 2 is 1.44 bits per heavy atom. The predicted molar refractivity (Wildman–Crippen MR) is 142 cm³/mol. The van der Waals surface area contributed by atoms with Crippen LogP contribution in [0.3, 0.4) is 0 Å². The Bertz CT molecular complexity index is 1390. The average Bonchev–Trinajstić information content (AvgIpc) is 3.37. The van der Waals surface area contributed by atoms with Gasteiger partial charge in [-0.15, -0.1) is 23.2 Å². The predicted octanol–water partition coefficient (Wildman–Crippen LogP) is 8.50. The highest BCUT2D eigenvalue weighted by Gasteiger charge is 2.67. The summed E-state index contributed by atoms with van der Waals surface area (Å²) in [5.74, 6) is -4.32. The standard InChI is InChI=1S/C25H15Cl5F2N2O2/c1-11(31)17-9-16(3-5-20(17)32)33-23(35)18-10-15(2-4-19(18)28)34-24(36)22-21(25(22,29)30)12-6-13(26)8-14(27)7-12/h2-10,21-22H,1H2,(H,33,35)(H,34,36). The fraction of sp³-hybridized carbons (Fsp3) is 0.120. The van der Waals surface area contributed by atoms with E-state index in [1.165, 1.54) is 24.3 Å². The van der Waals surface area contributed by atoms with Gasteiger partial charge >= 0.3 is 0 Å². The van der Waals surface area contributed by atoms with E-state index in [1.54, 1.807) is 18.2 Å². The molecule has 2 atom stereocenters. The van der Waals surface area contributed by atoms with Gasteiger partial charge in [-0.2, -0.15) is 0 Å². The van der Waals surface area contributed by atoms with E-state index in [0.29, 0.717) is 15.6 Å². The second-order valence-electron chi connectivity index (χ2n) is 8.07. The van der Waals surface area contributed by atoms with Crippen LogP contribution in [-0.4, -0.2) is 16.1 Å². The highest BCUT2D eigenvalue weighted by Crippen LogP contribution is 2.65. The molecule has 0 radical (unpaired) electrons. The van der Waals surface area contributed by atoms with Gasteiger partial charge in [-0.3, -0.25) is 9.59 Å². The number of amides is 2. The van der Waals surface area contributed by atoms with Gasteiger partial charge in [-0.25, -0.2) is 8.78 Å². The van der Waals surface area contributed by atoms with Crippen LogP contribution in [0.25, 0.3) is 5.83 Å². The molecule has 2 amide bonds. The number of anilines is 2. The van der Waals surface area contributed by atoms with E-state index in [4.69, 9.17) is 58.0 Å². The zero-order chi connectivity index (χ0) is 26.4. The molecule has 0 bridgehead atoms. The van der Waals surface area contributed by atoms with Gasteiger partial charge in [-0.05, 0) is 60.2 Å². The first-order valence-corrected chi connectivity index (χ1v) is 12.2. The second-order valence-corrected chi connectivity index (χ2v) is 10.8. The summed E-state index contributed by atoms with van der Waals surface area (Å²) in [5.41, 5.74) is 0.617. The highest BCUT2D eigenvalue weighted by atomic mass is 35.5. The first-order chi connectivity index (χ1) is 16.9. The van der Waals surface area contributed by atoms with Crippen LogP contribution in [0.4, 0.5) is 20.2 Å². The molecule has 0 saturated heterocycles. The fourth-order valence-electron chi connectivity index (χ4n) is 3.83. The lowest BCUT2D eigenvalue weighted by molar-refractivity contribution is -0.117.